The van der Waals surface area contributed by atoms with E-state index in [0.29, 0.717) is 6.42 Å². The fraction of sp³-hybridized carbons (Fsp3) is 0.240. The zero-order chi connectivity index (χ0) is 19.4. The Kier molecular flexibility index (Phi) is 3.63. The van der Waals surface area contributed by atoms with Gasteiger partial charge in [0, 0.05) is 24.1 Å². The third-order valence-corrected chi connectivity index (χ3v) is 6.47. The Morgan fingerprint density at radius 3 is 2.61 bits per heavy atom. The summed E-state index contributed by atoms with van der Waals surface area (Å²) in [6.45, 7) is 5.18. The van der Waals surface area contributed by atoms with Crippen LogP contribution in [-0.4, -0.2) is 18.1 Å². The van der Waals surface area contributed by atoms with Gasteiger partial charge in [0.15, 0.2) is 0 Å². The van der Waals surface area contributed by atoms with Crippen molar-refractivity contribution in [3.05, 3.63) is 83.9 Å². The Labute approximate surface area is 165 Å². The van der Waals surface area contributed by atoms with E-state index in [2.05, 4.69) is 103 Å². The lowest BCUT2D eigenvalue weighted by molar-refractivity contribution is -0.124. The van der Waals surface area contributed by atoms with Crippen LogP contribution in [0.1, 0.15) is 31.4 Å². The highest BCUT2D eigenvalue weighted by Gasteiger charge is 2.57. The highest BCUT2D eigenvalue weighted by molar-refractivity contribution is 5.91. The Balaban J connectivity index is 1.67. The summed E-state index contributed by atoms with van der Waals surface area (Å²) in [4.78, 5) is 14.9. The first kappa shape index (κ1) is 17.1. The Morgan fingerprint density at radius 1 is 0.964 bits per heavy atom. The second kappa shape index (κ2) is 5.96. The number of benzene rings is 3. The number of nitrogens with zero attached hydrogens (tertiary/aromatic N) is 1. The van der Waals surface area contributed by atoms with Crippen molar-refractivity contribution in [2.45, 2.75) is 31.3 Å². The summed E-state index contributed by atoms with van der Waals surface area (Å²) >= 11 is 0. The number of carbonyl (C=O) groups is 1. The molecule has 3 heteroatoms. The summed E-state index contributed by atoms with van der Waals surface area (Å²) in [5, 5.41) is 5.79. The van der Waals surface area contributed by atoms with Crippen LogP contribution in [0.5, 0.6) is 0 Å². The van der Waals surface area contributed by atoms with Crippen molar-refractivity contribution in [2.24, 2.45) is 0 Å². The van der Waals surface area contributed by atoms with Gasteiger partial charge in [-0.25, -0.2) is 0 Å². The van der Waals surface area contributed by atoms with Crippen LogP contribution in [0.15, 0.2) is 72.8 Å². The third kappa shape index (κ3) is 2.26. The van der Waals surface area contributed by atoms with Crippen molar-refractivity contribution in [3.8, 4) is 0 Å². The summed E-state index contributed by atoms with van der Waals surface area (Å²) in [5.41, 5.74) is 2.85. The molecule has 0 saturated carbocycles. The molecule has 0 unspecified atom stereocenters. The molecule has 3 aromatic carbocycles. The van der Waals surface area contributed by atoms with Gasteiger partial charge in [0.25, 0.3) is 0 Å². The molecule has 0 radical (unpaired) electrons. The maximum atomic E-state index is 12.5. The minimum atomic E-state index is -0.567. The SMILES string of the molecule is CC1(C)c2ccccc2N2CCC(=O)N[C@@]21/C=C/c1cccc2ccccc12. The van der Waals surface area contributed by atoms with Crippen LogP contribution >= 0.6 is 0 Å². The first-order valence-electron chi connectivity index (χ1n) is 9.88. The average molecular weight is 368 g/mol. The smallest absolute Gasteiger partial charge is 0.223 e. The van der Waals surface area contributed by atoms with Gasteiger partial charge >= 0.3 is 0 Å². The monoisotopic (exact) mass is 368 g/mol. The number of carbonyl (C=O) groups excluding carboxylic acids is 1. The van der Waals surface area contributed by atoms with Crippen LogP contribution in [0.4, 0.5) is 5.69 Å². The minimum Gasteiger partial charge on any atom is -0.344 e. The van der Waals surface area contributed by atoms with Crippen molar-refractivity contribution in [3.63, 3.8) is 0 Å². The third-order valence-electron chi connectivity index (χ3n) is 6.47. The van der Waals surface area contributed by atoms with E-state index in [0.717, 1.165) is 6.54 Å². The lowest BCUT2D eigenvalue weighted by Crippen LogP contribution is -2.68. The topological polar surface area (TPSA) is 32.3 Å². The van der Waals surface area contributed by atoms with E-state index in [4.69, 9.17) is 0 Å². The molecule has 0 spiro atoms. The van der Waals surface area contributed by atoms with Gasteiger partial charge in [-0.3, -0.25) is 4.79 Å². The van der Waals surface area contributed by atoms with Crippen LogP contribution in [0.2, 0.25) is 0 Å². The quantitative estimate of drug-likeness (QED) is 0.700. The fourth-order valence-corrected chi connectivity index (χ4v) is 4.93. The predicted octanol–water partition coefficient (Wildman–Crippen LogP) is 4.87. The number of nitrogens with one attached hydrogen (secondary N) is 1. The van der Waals surface area contributed by atoms with Gasteiger partial charge in [0.2, 0.25) is 5.91 Å². The van der Waals surface area contributed by atoms with E-state index >= 15 is 0 Å². The lowest BCUT2D eigenvalue weighted by atomic mass is 9.74. The summed E-state index contributed by atoms with van der Waals surface area (Å²) in [7, 11) is 0. The van der Waals surface area contributed by atoms with Crippen molar-refractivity contribution in [1.29, 1.82) is 0 Å². The van der Waals surface area contributed by atoms with E-state index < -0.39 is 5.66 Å². The maximum Gasteiger partial charge on any atom is 0.223 e. The molecule has 2 aliphatic rings. The standard InChI is InChI=1S/C25H24N2O/c1-24(2)21-12-5-6-13-22(21)27-17-15-23(28)26-25(24,27)16-14-19-10-7-9-18-8-3-4-11-20(18)19/h3-14,16H,15,17H2,1-2H3,(H,26,28)/b16-14+/t25-/m0/s1. The molecule has 2 heterocycles. The molecule has 3 aromatic rings. The van der Waals surface area contributed by atoms with E-state index in [1.165, 1.54) is 27.6 Å². The fourth-order valence-electron chi connectivity index (χ4n) is 4.93. The van der Waals surface area contributed by atoms with Crippen molar-refractivity contribution in [2.75, 3.05) is 11.4 Å². The zero-order valence-electron chi connectivity index (χ0n) is 16.3. The highest BCUT2D eigenvalue weighted by Crippen LogP contribution is 2.52. The molecular weight excluding hydrogens is 344 g/mol. The normalized spacial score (nSPS) is 22.9. The largest absolute Gasteiger partial charge is 0.344 e. The number of rotatable bonds is 2. The lowest BCUT2D eigenvalue weighted by Gasteiger charge is -2.49. The number of hydrogen-bond donors (Lipinski definition) is 1. The van der Waals surface area contributed by atoms with Gasteiger partial charge < -0.3 is 10.2 Å². The van der Waals surface area contributed by atoms with Crippen molar-refractivity contribution >= 4 is 28.4 Å². The molecule has 1 fully saturated rings. The van der Waals surface area contributed by atoms with Crippen molar-refractivity contribution in [1.82, 2.24) is 5.32 Å². The number of amides is 1. The number of fused-ring (bicyclic) bond motifs is 4. The molecule has 3 nitrogen and oxygen atoms in total. The molecule has 1 N–H and O–H groups in total. The molecule has 0 aliphatic carbocycles. The molecule has 0 aromatic heterocycles. The molecule has 1 saturated heterocycles. The second-order valence-electron chi connectivity index (χ2n) is 8.26. The van der Waals surface area contributed by atoms with Gasteiger partial charge in [0.1, 0.15) is 5.66 Å². The van der Waals surface area contributed by atoms with E-state index in [9.17, 15) is 4.79 Å². The molecule has 2 aliphatic heterocycles. The van der Waals surface area contributed by atoms with Crippen LogP contribution < -0.4 is 10.2 Å². The highest BCUT2D eigenvalue weighted by atomic mass is 16.2. The summed E-state index contributed by atoms with van der Waals surface area (Å²) < 4.78 is 0. The van der Waals surface area contributed by atoms with E-state index in [1.54, 1.807) is 0 Å². The molecule has 0 bridgehead atoms. The summed E-state index contributed by atoms with van der Waals surface area (Å²) in [6.07, 6.45) is 4.90. The van der Waals surface area contributed by atoms with Crippen LogP contribution in [0.3, 0.4) is 0 Å². The number of para-hydroxylation sites is 1. The predicted molar refractivity (Wildman–Crippen MR) is 115 cm³/mol. The van der Waals surface area contributed by atoms with E-state index in [-0.39, 0.29) is 11.3 Å². The Bertz CT molecular complexity index is 1110. The molecular formula is C25H24N2O. The Hall–Kier alpha value is -3.07. The van der Waals surface area contributed by atoms with Crippen molar-refractivity contribution < 1.29 is 4.79 Å². The van der Waals surface area contributed by atoms with Gasteiger partial charge in [-0.05, 0) is 34.0 Å². The first-order valence-corrected chi connectivity index (χ1v) is 9.88. The molecule has 1 atom stereocenters. The zero-order valence-corrected chi connectivity index (χ0v) is 16.3. The van der Waals surface area contributed by atoms with Crippen LogP contribution in [-0.2, 0) is 10.2 Å². The van der Waals surface area contributed by atoms with Gasteiger partial charge in [-0.2, -0.15) is 0 Å². The van der Waals surface area contributed by atoms with Gasteiger partial charge in [-0.15, -0.1) is 0 Å². The van der Waals surface area contributed by atoms with E-state index in [1.807, 2.05) is 0 Å². The Morgan fingerprint density at radius 2 is 1.71 bits per heavy atom. The van der Waals surface area contributed by atoms with Gasteiger partial charge in [0.05, 0.1) is 0 Å². The molecule has 1 amide bonds. The molecule has 28 heavy (non-hydrogen) atoms. The minimum absolute atomic E-state index is 0.111. The maximum absolute atomic E-state index is 12.5. The second-order valence-corrected chi connectivity index (χ2v) is 8.26. The molecule has 140 valence electrons. The van der Waals surface area contributed by atoms with Gasteiger partial charge in [-0.1, -0.05) is 80.6 Å². The number of anilines is 1. The van der Waals surface area contributed by atoms with Crippen LogP contribution in [0, 0.1) is 0 Å². The average Bonchev–Trinajstić information content (AvgIpc) is 2.90. The number of hydrogen-bond acceptors (Lipinski definition) is 2. The van der Waals surface area contributed by atoms with Crippen LogP contribution in [0.25, 0.3) is 16.8 Å². The molecule has 5 rings (SSSR count). The summed E-state index contributed by atoms with van der Waals surface area (Å²) in [6, 6.07) is 23.3. The summed E-state index contributed by atoms with van der Waals surface area (Å²) in [5.74, 6) is 0.111. The first-order chi connectivity index (χ1) is 13.5.